The molecule has 0 unspecified atom stereocenters. The van der Waals surface area contributed by atoms with Gasteiger partial charge in [0.2, 0.25) is 0 Å². The molecule has 0 saturated heterocycles. The highest BCUT2D eigenvalue weighted by Gasteiger charge is 2.08. The van der Waals surface area contributed by atoms with E-state index in [0.717, 1.165) is 12.3 Å². The number of nitrogens with zero attached hydrogens (tertiary/aromatic N) is 1. The summed E-state index contributed by atoms with van der Waals surface area (Å²) in [7, 11) is 1.26. The number of pyridine rings is 1. The van der Waals surface area contributed by atoms with E-state index < -0.39 is 11.8 Å². The number of carbonyl (C=O) groups excluding carboxylic acids is 1. The highest BCUT2D eigenvalue weighted by molar-refractivity contribution is 6.31. The minimum Gasteiger partial charge on any atom is -0.469 e. The first-order valence-electron chi connectivity index (χ1n) is 3.50. The first-order valence-corrected chi connectivity index (χ1v) is 3.88. The zero-order valence-electron chi connectivity index (χ0n) is 6.88. The van der Waals surface area contributed by atoms with Gasteiger partial charge < -0.3 is 4.74 Å². The highest BCUT2D eigenvalue weighted by atomic mass is 35.5. The Morgan fingerprint density at radius 1 is 1.77 bits per heavy atom. The van der Waals surface area contributed by atoms with Gasteiger partial charge in [-0.2, -0.15) is 0 Å². The van der Waals surface area contributed by atoms with Crippen molar-refractivity contribution in [3.05, 3.63) is 28.8 Å². The van der Waals surface area contributed by atoms with Crippen molar-refractivity contribution in [2.45, 2.75) is 6.42 Å². The summed E-state index contributed by atoms with van der Waals surface area (Å²) in [5, 5.41) is 0.130. The number of aromatic nitrogens is 1. The molecule has 0 amide bonds. The molecule has 3 nitrogen and oxygen atoms in total. The van der Waals surface area contributed by atoms with Crippen LogP contribution in [0.1, 0.15) is 5.69 Å². The maximum Gasteiger partial charge on any atom is 0.311 e. The zero-order valence-corrected chi connectivity index (χ0v) is 7.64. The van der Waals surface area contributed by atoms with E-state index in [1.54, 1.807) is 0 Å². The lowest BCUT2D eigenvalue weighted by Gasteiger charge is -2.01. The fourth-order valence-electron chi connectivity index (χ4n) is 0.782. The van der Waals surface area contributed by atoms with Gasteiger partial charge in [-0.3, -0.25) is 9.78 Å². The average Bonchev–Trinajstić information content (AvgIpc) is 2.09. The Bertz CT molecular complexity index is 330. The first-order chi connectivity index (χ1) is 6.13. The van der Waals surface area contributed by atoms with Crippen molar-refractivity contribution in [2.75, 3.05) is 7.11 Å². The van der Waals surface area contributed by atoms with Crippen LogP contribution in [0, 0.1) is 5.82 Å². The van der Waals surface area contributed by atoms with E-state index in [1.807, 2.05) is 0 Å². The molecule has 0 N–H and O–H groups in total. The highest BCUT2D eigenvalue weighted by Crippen LogP contribution is 2.14. The van der Waals surface area contributed by atoms with Gasteiger partial charge in [0, 0.05) is 0 Å². The Balaban J connectivity index is 2.83. The number of ether oxygens (including phenoxy) is 1. The molecule has 1 aromatic heterocycles. The Kier molecular flexibility index (Phi) is 3.19. The summed E-state index contributed by atoms with van der Waals surface area (Å²) in [6.45, 7) is 0. The van der Waals surface area contributed by atoms with Crippen molar-refractivity contribution >= 4 is 17.6 Å². The van der Waals surface area contributed by atoms with Crippen molar-refractivity contribution in [3.63, 3.8) is 0 Å². The number of hydrogen-bond donors (Lipinski definition) is 0. The molecule has 1 rings (SSSR count). The maximum absolute atomic E-state index is 12.5. The molecule has 0 atom stereocenters. The second-order valence-electron chi connectivity index (χ2n) is 2.33. The summed E-state index contributed by atoms with van der Waals surface area (Å²) in [6.07, 6.45) is 0.958. The van der Waals surface area contributed by atoms with E-state index >= 15 is 0 Å². The zero-order chi connectivity index (χ0) is 9.84. The van der Waals surface area contributed by atoms with Crippen LogP contribution in [0.3, 0.4) is 0 Å². The first kappa shape index (κ1) is 9.92. The molecule has 0 aromatic carbocycles. The van der Waals surface area contributed by atoms with Crippen molar-refractivity contribution < 1.29 is 13.9 Å². The molecule has 0 radical (unpaired) electrons. The standard InChI is InChI=1S/C8H7ClFNO2/c1-13-8(12)3-7-6(9)2-5(10)4-11-7/h2,4H,3H2,1H3. The van der Waals surface area contributed by atoms with E-state index in [2.05, 4.69) is 9.72 Å². The van der Waals surface area contributed by atoms with Crippen molar-refractivity contribution in [1.82, 2.24) is 4.98 Å². The molecule has 1 heterocycles. The van der Waals surface area contributed by atoms with Crippen LogP contribution in [-0.4, -0.2) is 18.1 Å². The van der Waals surface area contributed by atoms with E-state index in [9.17, 15) is 9.18 Å². The van der Waals surface area contributed by atoms with Crippen LogP contribution in [0.25, 0.3) is 0 Å². The Morgan fingerprint density at radius 3 is 3.00 bits per heavy atom. The van der Waals surface area contributed by atoms with Crippen molar-refractivity contribution in [2.24, 2.45) is 0 Å². The normalized spacial score (nSPS) is 9.77. The molecule has 0 bridgehead atoms. The average molecular weight is 204 g/mol. The Morgan fingerprint density at radius 2 is 2.46 bits per heavy atom. The fourth-order valence-corrected chi connectivity index (χ4v) is 1.00. The molecular weight excluding hydrogens is 197 g/mol. The van der Waals surface area contributed by atoms with Gasteiger partial charge in [-0.15, -0.1) is 0 Å². The summed E-state index contributed by atoms with van der Waals surface area (Å²) in [6, 6.07) is 1.10. The van der Waals surface area contributed by atoms with Gasteiger partial charge in [0.05, 0.1) is 30.4 Å². The topological polar surface area (TPSA) is 39.2 Å². The quantitative estimate of drug-likeness (QED) is 0.686. The van der Waals surface area contributed by atoms with E-state index in [4.69, 9.17) is 11.6 Å². The Hall–Kier alpha value is -1.16. The lowest BCUT2D eigenvalue weighted by Crippen LogP contribution is -2.06. The van der Waals surface area contributed by atoms with Gasteiger partial charge in [0.15, 0.2) is 0 Å². The van der Waals surface area contributed by atoms with Crippen LogP contribution in [0.2, 0.25) is 5.02 Å². The summed E-state index contributed by atoms with van der Waals surface area (Å²) in [5.41, 5.74) is 0.315. The number of esters is 1. The maximum atomic E-state index is 12.5. The monoisotopic (exact) mass is 203 g/mol. The van der Waals surface area contributed by atoms with Gasteiger partial charge in [0.1, 0.15) is 5.82 Å². The van der Waals surface area contributed by atoms with Crippen LogP contribution in [0.5, 0.6) is 0 Å². The number of methoxy groups -OCH3 is 1. The van der Waals surface area contributed by atoms with Crippen molar-refractivity contribution in [1.29, 1.82) is 0 Å². The summed E-state index contributed by atoms with van der Waals surface area (Å²) < 4.78 is 16.9. The van der Waals surface area contributed by atoms with Crippen LogP contribution < -0.4 is 0 Å². The predicted molar refractivity (Wildman–Crippen MR) is 44.9 cm³/mol. The molecule has 0 saturated carbocycles. The molecule has 0 aliphatic heterocycles. The second-order valence-corrected chi connectivity index (χ2v) is 2.74. The molecule has 0 spiro atoms. The van der Waals surface area contributed by atoms with Gasteiger partial charge in [-0.25, -0.2) is 4.39 Å². The van der Waals surface area contributed by atoms with E-state index in [0.29, 0.717) is 5.69 Å². The van der Waals surface area contributed by atoms with Gasteiger partial charge in [-0.1, -0.05) is 11.6 Å². The predicted octanol–water partition coefficient (Wildman–Crippen LogP) is 1.59. The SMILES string of the molecule is COC(=O)Cc1ncc(F)cc1Cl. The molecule has 70 valence electrons. The third-order valence-electron chi connectivity index (χ3n) is 1.42. The second kappa shape index (κ2) is 4.18. The van der Waals surface area contributed by atoms with E-state index in [1.165, 1.54) is 7.11 Å². The number of hydrogen-bond acceptors (Lipinski definition) is 3. The van der Waals surface area contributed by atoms with Gasteiger partial charge >= 0.3 is 5.97 Å². The molecular formula is C8H7ClFNO2. The van der Waals surface area contributed by atoms with E-state index in [-0.39, 0.29) is 11.4 Å². The third-order valence-corrected chi connectivity index (χ3v) is 1.75. The number of carbonyl (C=O) groups is 1. The minimum atomic E-state index is -0.529. The van der Waals surface area contributed by atoms with Crippen LogP contribution in [0.15, 0.2) is 12.3 Å². The third kappa shape index (κ3) is 2.66. The Labute approximate surface area is 79.5 Å². The number of halogens is 2. The molecule has 0 fully saturated rings. The molecule has 13 heavy (non-hydrogen) atoms. The molecule has 5 heteroatoms. The molecule has 1 aromatic rings. The van der Waals surface area contributed by atoms with Gasteiger partial charge in [0.25, 0.3) is 0 Å². The van der Waals surface area contributed by atoms with Crippen LogP contribution >= 0.6 is 11.6 Å². The summed E-state index contributed by atoms with van der Waals surface area (Å²) in [5.74, 6) is -0.986. The smallest absolute Gasteiger partial charge is 0.311 e. The minimum absolute atomic E-state index is 0.0460. The fraction of sp³-hybridized carbons (Fsp3) is 0.250. The molecule has 0 aliphatic carbocycles. The summed E-state index contributed by atoms with van der Waals surface area (Å²) in [4.78, 5) is 14.5. The summed E-state index contributed by atoms with van der Waals surface area (Å²) >= 11 is 5.62. The van der Waals surface area contributed by atoms with Crippen LogP contribution in [-0.2, 0) is 16.0 Å². The number of rotatable bonds is 2. The van der Waals surface area contributed by atoms with Gasteiger partial charge in [-0.05, 0) is 6.07 Å². The largest absolute Gasteiger partial charge is 0.469 e. The molecule has 0 aliphatic rings. The van der Waals surface area contributed by atoms with Crippen molar-refractivity contribution in [3.8, 4) is 0 Å². The lowest BCUT2D eigenvalue weighted by atomic mass is 10.3. The lowest BCUT2D eigenvalue weighted by molar-refractivity contribution is -0.139. The van der Waals surface area contributed by atoms with Crippen LogP contribution in [0.4, 0.5) is 4.39 Å².